The van der Waals surface area contributed by atoms with Crippen molar-refractivity contribution in [1.82, 2.24) is 9.97 Å². The first-order valence-corrected chi connectivity index (χ1v) is 3.68. The van der Waals surface area contributed by atoms with Gasteiger partial charge in [-0.3, -0.25) is 9.78 Å². The number of anilines is 1. The summed E-state index contributed by atoms with van der Waals surface area (Å²) in [6.45, 7) is 1.32. The number of aromatic amines is 1. The highest BCUT2D eigenvalue weighted by atomic mass is 16.4. The number of hydrogen-bond acceptors (Lipinski definition) is 5. The summed E-state index contributed by atoms with van der Waals surface area (Å²) in [6, 6.07) is 1.24. The number of aromatic nitrogens is 2. The normalized spacial score (nSPS) is 11.1. The smallest absolute Gasteiger partial charge is 0.351 e. The lowest BCUT2D eigenvalue weighted by molar-refractivity contribution is -0.129. The van der Waals surface area contributed by atoms with Gasteiger partial charge in [0.1, 0.15) is 5.71 Å². The van der Waals surface area contributed by atoms with Crippen LogP contribution in [0.4, 0.5) is 5.95 Å². The molecule has 0 aliphatic heterocycles. The van der Waals surface area contributed by atoms with Crippen molar-refractivity contribution < 1.29 is 9.90 Å². The molecule has 1 aromatic rings. The summed E-state index contributed by atoms with van der Waals surface area (Å²) in [5, 5.41) is 11.9. The predicted molar refractivity (Wildman–Crippen MR) is 49.2 cm³/mol. The molecule has 0 aliphatic rings. The van der Waals surface area contributed by atoms with Gasteiger partial charge in [0.25, 0.3) is 5.56 Å². The molecular formula is C7H8N4O3. The molecule has 3 N–H and O–H groups in total. The molecule has 14 heavy (non-hydrogen) atoms. The molecule has 7 heteroatoms. The molecule has 0 fully saturated rings. The maximum atomic E-state index is 10.8. The first-order valence-electron chi connectivity index (χ1n) is 3.68. The standard InChI is InChI=1S/C7H8N4O3/c1-4(6(13)14)10-11-7-8-3-2-5(12)9-7/h2-3H,1H3,(H,13,14)(H2,8,9,11,12)/b10-4-. The zero-order valence-corrected chi connectivity index (χ0v) is 7.31. The summed E-state index contributed by atoms with van der Waals surface area (Å²) in [7, 11) is 0. The zero-order valence-electron chi connectivity index (χ0n) is 7.31. The number of carbonyl (C=O) groups is 1. The average molecular weight is 196 g/mol. The molecule has 0 saturated carbocycles. The molecule has 0 aliphatic carbocycles. The van der Waals surface area contributed by atoms with Crippen LogP contribution in [0.1, 0.15) is 6.92 Å². The molecule has 0 aromatic carbocycles. The number of rotatable bonds is 3. The van der Waals surface area contributed by atoms with Crippen LogP contribution < -0.4 is 11.0 Å². The predicted octanol–water partition coefficient (Wildman–Crippen LogP) is -0.358. The van der Waals surface area contributed by atoms with Gasteiger partial charge in [-0.05, 0) is 6.92 Å². The Labute approximate surface area is 78.5 Å². The Kier molecular flexibility index (Phi) is 2.95. The summed E-state index contributed by atoms with van der Waals surface area (Å²) in [4.78, 5) is 27.1. The van der Waals surface area contributed by atoms with Crippen LogP contribution in [0.25, 0.3) is 0 Å². The zero-order chi connectivity index (χ0) is 10.6. The molecule has 1 aromatic heterocycles. The molecule has 0 atom stereocenters. The minimum atomic E-state index is -1.14. The van der Waals surface area contributed by atoms with Crippen molar-refractivity contribution >= 4 is 17.6 Å². The molecule has 74 valence electrons. The second kappa shape index (κ2) is 4.17. The Balaban J connectivity index is 2.76. The van der Waals surface area contributed by atoms with Crippen LogP contribution in [0.5, 0.6) is 0 Å². The van der Waals surface area contributed by atoms with E-state index in [9.17, 15) is 9.59 Å². The highest BCUT2D eigenvalue weighted by Gasteiger charge is 2.00. The van der Waals surface area contributed by atoms with Crippen LogP contribution in [0, 0.1) is 0 Å². The molecule has 7 nitrogen and oxygen atoms in total. The third kappa shape index (κ3) is 2.70. The van der Waals surface area contributed by atoms with E-state index < -0.39 is 5.97 Å². The minimum absolute atomic E-state index is 0.0955. The molecule has 0 bridgehead atoms. The van der Waals surface area contributed by atoms with Gasteiger partial charge in [0.2, 0.25) is 5.95 Å². The maximum absolute atomic E-state index is 10.8. The van der Waals surface area contributed by atoms with Gasteiger partial charge in [-0.25, -0.2) is 15.2 Å². The fraction of sp³-hybridized carbons (Fsp3) is 0.143. The second-order valence-electron chi connectivity index (χ2n) is 2.40. The highest BCUT2D eigenvalue weighted by molar-refractivity contribution is 6.34. The topological polar surface area (TPSA) is 107 Å². The van der Waals surface area contributed by atoms with Crippen LogP contribution in [0.2, 0.25) is 0 Å². The average Bonchev–Trinajstić information content (AvgIpc) is 2.14. The van der Waals surface area contributed by atoms with Gasteiger partial charge in [-0.2, -0.15) is 5.10 Å². The fourth-order valence-electron chi connectivity index (χ4n) is 0.612. The van der Waals surface area contributed by atoms with E-state index in [0.29, 0.717) is 0 Å². The van der Waals surface area contributed by atoms with Crippen LogP contribution in [0.15, 0.2) is 22.2 Å². The van der Waals surface area contributed by atoms with Gasteiger partial charge in [0.15, 0.2) is 0 Å². The van der Waals surface area contributed by atoms with Crippen LogP contribution in [0.3, 0.4) is 0 Å². The quantitative estimate of drug-likeness (QED) is 0.452. The maximum Gasteiger partial charge on any atom is 0.351 e. The molecule has 0 radical (unpaired) electrons. The van der Waals surface area contributed by atoms with E-state index in [1.54, 1.807) is 0 Å². The van der Waals surface area contributed by atoms with E-state index in [0.717, 1.165) is 0 Å². The van der Waals surface area contributed by atoms with E-state index in [-0.39, 0.29) is 17.2 Å². The Morgan fingerprint density at radius 3 is 3.00 bits per heavy atom. The van der Waals surface area contributed by atoms with Crippen molar-refractivity contribution in [3.63, 3.8) is 0 Å². The van der Waals surface area contributed by atoms with Gasteiger partial charge < -0.3 is 5.11 Å². The summed E-state index contributed by atoms with van der Waals surface area (Å²) < 4.78 is 0. The van der Waals surface area contributed by atoms with Crippen LogP contribution in [-0.2, 0) is 4.79 Å². The third-order valence-corrected chi connectivity index (χ3v) is 1.31. The van der Waals surface area contributed by atoms with E-state index in [1.807, 2.05) is 0 Å². The van der Waals surface area contributed by atoms with Crippen LogP contribution >= 0.6 is 0 Å². The van der Waals surface area contributed by atoms with E-state index in [2.05, 4.69) is 20.5 Å². The third-order valence-electron chi connectivity index (χ3n) is 1.31. The Bertz CT molecular complexity index is 423. The summed E-state index contributed by atoms with van der Waals surface area (Å²) >= 11 is 0. The number of carboxylic acids is 1. The highest BCUT2D eigenvalue weighted by Crippen LogP contribution is 1.90. The van der Waals surface area contributed by atoms with E-state index in [4.69, 9.17) is 5.11 Å². The monoisotopic (exact) mass is 196 g/mol. The lowest BCUT2D eigenvalue weighted by Crippen LogP contribution is -2.13. The van der Waals surface area contributed by atoms with Crippen molar-refractivity contribution in [2.24, 2.45) is 5.10 Å². The number of hydrogen-bond donors (Lipinski definition) is 3. The number of aliphatic carboxylic acids is 1. The van der Waals surface area contributed by atoms with Crippen molar-refractivity contribution in [3.05, 3.63) is 22.6 Å². The lowest BCUT2D eigenvalue weighted by atomic mass is 10.4. The van der Waals surface area contributed by atoms with E-state index in [1.165, 1.54) is 19.2 Å². The number of hydrazone groups is 1. The molecule has 0 saturated heterocycles. The second-order valence-corrected chi connectivity index (χ2v) is 2.40. The van der Waals surface area contributed by atoms with Gasteiger partial charge in [-0.1, -0.05) is 0 Å². The Morgan fingerprint density at radius 1 is 1.71 bits per heavy atom. The van der Waals surface area contributed by atoms with Gasteiger partial charge in [0.05, 0.1) is 0 Å². The summed E-state index contributed by atoms with van der Waals surface area (Å²) in [5.74, 6) is -1.05. The number of H-pyrrole nitrogens is 1. The van der Waals surface area contributed by atoms with Crippen molar-refractivity contribution in [2.75, 3.05) is 5.43 Å². The SMILES string of the molecule is C/C(=N/Nc1nccc(=O)[nH]1)C(=O)O. The molecule has 1 rings (SSSR count). The number of carboxylic acid groups (broad SMARTS) is 1. The molecule has 0 unspecified atom stereocenters. The number of nitrogens with zero attached hydrogens (tertiary/aromatic N) is 2. The molecule has 0 spiro atoms. The minimum Gasteiger partial charge on any atom is -0.477 e. The lowest BCUT2D eigenvalue weighted by Gasteiger charge is -1.97. The van der Waals surface area contributed by atoms with Crippen molar-refractivity contribution in [2.45, 2.75) is 6.92 Å². The van der Waals surface area contributed by atoms with Gasteiger partial charge >= 0.3 is 5.97 Å². The summed E-state index contributed by atoms with van der Waals surface area (Å²) in [5.41, 5.74) is 1.84. The van der Waals surface area contributed by atoms with Gasteiger partial charge in [0, 0.05) is 12.3 Å². The molecular weight excluding hydrogens is 188 g/mol. The van der Waals surface area contributed by atoms with Crippen molar-refractivity contribution in [3.8, 4) is 0 Å². The summed E-state index contributed by atoms with van der Waals surface area (Å²) in [6.07, 6.45) is 1.28. The van der Waals surface area contributed by atoms with E-state index >= 15 is 0 Å². The van der Waals surface area contributed by atoms with Crippen LogP contribution in [-0.4, -0.2) is 26.8 Å². The van der Waals surface area contributed by atoms with Crippen molar-refractivity contribution in [1.29, 1.82) is 0 Å². The largest absolute Gasteiger partial charge is 0.477 e. The van der Waals surface area contributed by atoms with Gasteiger partial charge in [-0.15, -0.1) is 0 Å². The molecule has 0 amide bonds. The first-order chi connectivity index (χ1) is 6.59. The Hall–Kier alpha value is -2.18. The molecule has 1 heterocycles. The fourth-order valence-corrected chi connectivity index (χ4v) is 0.612. The number of nitrogens with one attached hydrogen (secondary N) is 2. The Morgan fingerprint density at radius 2 is 2.43 bits per heavy atom. The first kappa shape index (κ1) is 9.90.